The lowest BCUT2D eigenvalue weighted by molar-refractivity contribution is -0.141. The molecule has 1 aromatic carbocycles. The zero-order valence-corrected chi connectivity index (χ0v) is 14.0. The second kappa shape index (κ2) is 8.36. The van der Waals surface area contributed by atoms with Gasteiger partial charge in [0.15, 0.2) is 5.75 Å². The van der Waals surface area contributed by atoms with E-state index in [0.717, 1.165) is 0 Å². The summed E-state index contributed by atoms with van der Waals surface area (Å²) in [7, 11) is 1.24. The molecule has 0 saturated heterocycles. The molecule has 0 spiro atoms. The number of carbonyl (C=O) groups is 3. The lowest BCUT2D eigenvalue weighted by Crippen LogP contribution is -2.35. The quantitative estimate of drug-likeness (QED) is 0.433. The Labute approximate surface area is 147 Å². The Hall–Kier alpha value is -2.78. The molecule has 1 atom stereocenters. The summed E-state index contributed by atoms with van der Waals surface area (Å²) in [5.41, 5.74) is 6.23. The first kappa shape index (κ1) is 18.6. The normalized spacial score (nSPS) is 11.6. The number of esters is 2. The molecular formula is C15H15ClN4O5. The van der Waals surface area contributed by atoms with Crippen molar-refractivity contribution in [1.29, 1.82) is 0 Å². The van der Waals surface area contributed by atoms with E-state index in [0.29, 0.717) is 5.69 Å². The van der Waals surface area contributed by atoms with Gasteiger partial charge in [0.05, 0.1) is 19.5 Å². The van der Waals surface area contributed by atoms with Crippen LogP contribution in [0.3, 0.4) is 0 Å². The highest BCUT2D eigenvalue weighted by Crippen LogP contribution is 2.25. The van der Waals surface area contributed by atoms with Crippen LogP contribution >= 0.6 is 11.6 Å². The molecule has 1 heterocycles. The fourth-order valence-electron chi connectivity index (χ4n) is 1.92. The molecule has 9 nitrogen and oxygen atoms in total. The summed E-state index contributed by atoms with van der Waals surface area (Å²) in [5.74, 6) is -1.22. The first-order valence-electron chi connectivity index (χ1n) is 7.17. The van der Waals surface area contributed by atoms with Crippen LogP contribution in [-0.2, 0) is 14.3 Å². The third-order valence-electron chi connectivity index (χ3n) is 3.26. The van der Waals surface area contributed by atoms with Crippen molar-refractivity contribution in [2.45, 2.75) is 18.9 Å². The topological polar surface area (TPSA) is 126 Å². The number of nitrogens with zero attached hydrogens (tertiary/aromatic N) is 3. The molecule has 0 saturated carbocycles. The van der Waals surface area contributed by atoms with Crippen molar-refractivity contribution in [2.75, 3.05) is 7.11 Å². The first-order valence-corrected chi connectivity index (χ1v) is 7.55. The van der Waals surface area contributed by atoms with Gasteiger partial charge in [-0.2, -0.15) is 0 Å². The van der Waals surface area contributed by atoms with E-state index in [1.165, 1.54) is 42.4 Å². The van der Waals surface area contributed by atoms with Gasteiger partial charge in [-0.05, 0) is 36.2 Å². The minimum atomic E-state index is -1.04. The predicted molar refractivity (Wildman–Crippen MR) is 86.4 cm³/mol. The number of nitrogens with two attached hydrogens (primary N) is 1. The molecule has 0 fully saturated rings. The van der Waals surface area contributed by atoms with Gasteiger partial charge in [-0.1, -0.05) is 5.21 Å². The second-order valence-corrected chi connectivity index (χ2v) is 5.29. The maximum atomic E-state index is 12.2. The number of hydrogen-bond donors (Lipinski definition) is 1. The van der Waals surface area contributed by atoms with Gasteiger partial charge >= 0.3 is 11.9 Å². The van der Waals surface area contributed by atoms with E-state index in [-0.39, 0.29) is 24.2 Å². The monoisotopic (exact) mass is 366 g/mol. The van der Waals surface area contributed by atoms with Crippen molar-refractivity contribution in [2.24, 2.45) is 5.73 Å². The van der Waals surface area contributed by atoms with Crippen molar-refractivity contribution < 1.29 is 23.9 Å². The maximum Gasteiger partial charge on any atom is 0.328 e. The Morgan fingerprint density at radius 3 is 2.72 bits per heavy atom. The minimum Gasteiger partial charge on any atom is -0.469 e. The number of methoxy groups -OCH3 is 1. The second-order valence-electron chi connectivity index (χ2n) is 4.95. The number of benzene rings is 1. The van der Waals surface area contributed by atoms with Crippen LogP contribution < -0.4 is 10.5 Å². The van der Waals surface area contributed by atoms with Gasteiger partial charge in [-0.3, -0.25) is 9.59 Å². The molecule has 0 aliphatic carbocycles. The summed E-state index contributed by atoms with van der Waals surface area (Å²) in [6.45, 7) is 0. The molecule has 2 rings (SSSR count). The summed E-state index contributed by atoms with van der Waals surface area (Å²) in [6, 6.07) is 3.23. The van der Waals surface area contributed by atoms with E-state index in [9.17, 15) is 14.4 Å². The van der Waals surface area contributed by atoms with E-state index in [1.54, 1.807) is 0 Å². The summed E-state index contributed by atoms with van der Waals surface area (Å²) in [4.78, 5) is 34.6. The molecule has 25 heavy (non-hydrogen) atoms. The highest BCUT2D eigenvalue weighted by atomic mass is 35.5. The summed E-state index contributed by atoms with van der Waals surface area (Å²) in [6.07, 6.45) is 3.00. The maximum absolute atomic E-state index is 12.2. The summed E-state index contributed by atoms with van der Waals surface area (Å²) < 4.78 is 11.1. The average molecular weight is 367 g/mol. The Morgan fingerprint density at radius 2 is 2.12 bits per heavy atom. The first-order chi connectivity index (χ1) is 11.9. The Kier molecular flexibility index (Phi) is 6.20. The van der Waals surface area contributed by atoms with Crippen molar-refractivity contribution in [1.82, 2.24) is 15.0 Å². The molecule has 0 radical (unpaired) electrons. The number of aromatic nitrogens is 3. The van der Waals surface area contributed by atoms with Gasteiger partial charge in [0, 0.05) is 12.0 Å². The van der Waals surface area contributed by atoms with Crippen LogP contribution in [0, 0.1) is 0 Å². The van der Waals surface area contributed by atoms with Crippen LogP contribution in [-0.4, -0.2) is 45.3 Å². The molecule has 132 valence electrons. The van der Waals surface area contributed by atoms with Crippen LogP contribution in [0.4, 0.5) is 0 Å². The number of hydrogen-bond acceptors (Lipinski definition) is 8. The van der Waals surface area contributed by atoms with E-state index in [1.807, 2.05) is 0 Å². The van der Waals surface area contributed by atoms with Gasteiger partial charge in [-0.15, -0.1) is 5.10 Å². The lowest BCUT2D eigenvalue weighted by Gasteiger charge is -2.14. The fourth-order valence-corrected chi connectivity index (χ4v) is 2.04. The van der Waals surface area contributed by atoms with Crippen molar-refractivity contribution in [3.63, 3.8) is 0 Å². The zero-order chi connectivity index (χ0) is 18.4. The van der Waals surface area contributed by atoms with Crippen LogP contribution in [0.5, 0.6) is 5.75 Å². The summed E-state index contributed by atoms with van der Waals surface area (Å²) in [5, 5.41) is 6.77. The largest absolute Gasteiger partial charge is 0.469 e. The van der Waals surface area contributed by atoms with E-state index in [2.05, 4.69) is 15.0 Å². The molecular weight excluding hydrogens is 352 g/mol. The van der Waals surface area contributed by atoms with Gasteiger partial charge in [0.2, 0.25) is 0 Å². The van der Waals surface area contributed by atoms with Crippen molar-refractivity contribution >= 4 is 28.8 Å². The summed E-state index contributed by atoms with van der Waals surface area (Å²) >= 11 is 5.46. The molecule has 0 aliphatic rings. The fraction of sp³-hybridized carbons (Fsp3) is 0.267. The highest BCUT2D eigenvalue weighted by Gasteiger charge is 2.20. The van der Waals surface area contributed by atoms with Crippen molar-refractivity contribution in [3.8, 4) is 11.4 Å². The molecule has 2 N–H and O–H groups in total. The average Bonchev–Trinajstić information content (AvgIpc) is 3.13. The predicted octanol–water partition coefficient (Wildman–Crippen LogP) is 0.832. The molecule has 0 unspecified atom stereocenters. The number of ether oxygens (including phenoxy) is 2. The lowest BCUT2D eigenvalue weighted by atomic mass is 10.1. The standard InChI is InChI=1S/C15H15ClN4O5/c1-24-13(21)5-3-10(17)15(23)25-12-8-9(14(16)22)2-4-11(12)20-7-6-18-19-20/h2,4,6-8,10H,3,5,17H2,1H3/t10-/m0/s1. The molecule has 2 aromatic rings. The Morgan fingerprint density at radius 1 is 1.36 bits per heavy atom. The number of carbonyl (C=O) groups excluding carboxylic acids is 3. The van der Waals surface area contributed by atoms with Gasteiger partial charge < -0.3 is 15.2 Å². The number of halogens is 1. The molecule has 10 heteroatoms. The Balaban J connectivity index is 2.21. The van der Waals surface area contributed by atoms with Crippen LogP contribution in [0.25, 0.3) is 5.69 Å². The van der Waals surface area contributed by atoms with E-state index in [4.69, 9.17) is 22.1 Å². The SMILES string of the molecule is COC(=O)CC[C@H](N)C(=O)Oc1cc(C(=O)Cl)ccc1-n1ccnn1. The third kappa shape index (κ3) is 4.85. The highest BCUT2D eigenvalue weighted by molar-refractivity contribution is 6.67. The number of rotatable bonds is 7. The van der Waals surface area contributed by atoms with Crippen LogP contribution in [0.2, 0.25) is 0 Å². The molecule has 0 amide bonds. The van der Waals surface area contributed by atoms with Gasteiger partial charge in [0.25, 0.3) is 5.24 Å². The minimum absolute atomic E-state index is 0.0249. The van der Waals surface area contributed by atoms with Crippen molar-refractivity contribution in [3.05, 3.63) is 36.2 Å². The van der Waals surface area contributed by atoms with Gasteiger partial charge in [0.1, 0.15) is 11.7 Å². The van der Waals surface area contributed by atoms with Crippen LogP contribution in [0.1, 0.15) is 23.2 Å². The smallest absolute Gasteiger partial charge is 0.328 e. The molecule has 0 bridgehead atoms. The van der Waals surface area contributed by atoms with E-state index < -0.39 is 23.2 Å². The third-order valence-corrected chi connectivity index (χ3v) is 3.47. The van der Waals surface area contributed by atoms with E-state index >= 15 is 0 Å². The molecule has 0 aliphatic heterocycles. The van der Waals surface area contributed by atoms with Crippen LogP contribution in [0.15, 0.2) is 30.6 Å². The zero-order valence-electron chi connectivity index (χ0n) is 13.2. The van der Waals surface area contributed by atoms with Gasteiger partial charge in [-0.25, -0.2) is 9.48 Å². The Bertz CT molecular complexity index is 778. The molecule has 1 aromatic heterocycles.